The van der Waals surface area contributed by atoms with Gasteiger partial charge in [-0.3, -0.25) is 0 Å². The number of fused-ring (bicyclic) bond motifs is 1. The topological polar surface area (TPSA) is 37.3 Å². The number of nitrogens with one attached hydrogen (secondary N) is 1. The Labute approximate surface area is 153 Å². The van der Waals surface area contributed by atoms with Gasteiger partial charge in [0.15, 0.2) is 11.6 Å². The second kappa shape index (κ2) is 6.83. The van der Waals surface area contributed by atoms with Crippen LogP contribution in [-0.2, 0) is 6.54 Å². The lowest BCUT2D eigenvalue weighted by Crippen LogP contribution is -2.44. The summed E-state index contributed by atoms with van der Waals surface area (Å²) in [6.07, 6.45) is 1.87. The third-order valence-electron chi connectivity index (χ3n) is 4.67. The molecule has 0 bridgehead atoms. The summed E-state index contributed by atoms with van der Waals surface area (Å²) in [5.74, 6) is -2.48. The van der Waals surface area contributed by atoms with Gasteiger partial charge in [-0.1, -0.05) is 18.2 Å². The fraction of sp³-hybridized carbons (Fsp3) is 0.150. The number of urea groups is 1. The minimum atomic E-state index is -0.981. The molecule has 2 amide bonds. The zero-order valence-electron chi connectivity index (χ0n) is 14.2. The van der Waals surface area contributed by atoms with Crippen molar-refractivity contribution in [2.24, 2.45) is 0 Å². The summed E-state index contributed by atoms with van der Waals surface area (Å²) in [7, 11) is 0. The fourth-order valence-electron chi connectivity index (χ4n) is 3.38. The lowest BCUT2D eigenvalue weighted by molar-refractivity contribution is 0.181. The van der Waals surface area contributed by atoms with Gasteiger partial charge in [-0.2, -0.15) is 0 Å². The lowest BCUT2D eigenvalue weighted by Gasteiger charge is -2.37. The molecule has 1 aromatic heterocycles. The molecule has 0 radical (unpaired) electrons. The summed E-state index contributed by atoms with van der Waals surface area (Å²) in [6.45, 7) is 0.888. The first-order valence-electron chi connectivity index (χ1n) is 8.47. The van der Waals surface area contributed by atoms with Crippen molar-refractivity contribution in [2.45, 2.75) is 12.6 Å². The van der Waals surface area contributed by atoms with Crippen molar-refractivity contribution in [2.75, 3.05) is 11.9 Å². The number of amides is 2. The van der Waals surface area contributed by atoms with E-state index in [1.807, 2.05) is 22.9 Å². The largest absolute Gasteiger partial charge is 0.348 e. The Morgan fingerprint density at radius 3 is 2.52 bits per heavy atom. The molecule has 0 aliphatic carbocycles. The van der Waals surface area contributed by atoms with Crippen LogP contribution in [0.2, 0.25) is 0 Å². The maximum absolute atomic E-state index is 13.9. The van der Waals surface area contributed by atoms with Crippen LogP contribution in [0.15, 0.2) is 60.8 Å². The number of anilines is 1. The van der Waals surface area contributed by atoms with Crippen LogP contribution in [-0.4, -0.2) is 22.0 Å². The zero-order valence-corrected chi connectivity index (χ0v) is 14.2. The second-order valence-corrected chi connectivity index (χ2v) is 6.31. The van der Waals surface area contributed by atoms with Crippen LogP contribution in [0.4, 0.5) is 23.7 Å². The van der Waals surface area contributed by atoms with Crippen LogP contribution < -0.4 is 5.32 Å². The SMILES string of the molecule is O=C(Nc1ccccc1F)N1CCn2cccc2C1c1ccc(F)c(F)c1. The van der Waals surface area contributed by atoms with E-state index in [1.165, 1.54) is 29.2 Å². The summed E-state index contributed by atoms with van der Waals surface area (Å²) in [5.41, 5.74) is 1.28. The van der Waals surface area contributed by atoms with Crippen LogP contribution in [0.5, 0.6) is 0 Å². The van der Waals surface area contributed by atoms with Gasteiger partial charge in [0.2, 0.25) is 0 Å². The molecule has 4 rings (SSSR count). The van der Waals surface area contributed by atoms with E-state index in [4.69, 9.17) is 0 Å². The average Bonchev–Trinajstić information content (AvgIpc) is 3.14. The van der Waals surface area contributed by atoms with Crippen molar-refractivity contribution in [1.82, 2.24) is 9.47 Å². The molecule has 2 aromatic carbocycles. The van der Waals surface area contributed by atoms with Crippen molar-refractivity contribution < 1.29 is 18.0 Å². The highest BCUT2D eigenvalue weighted by molar-refractivity contribution is 5.90. The van der Waals surface area contributed by atoms with Gasteiger partial charge in [-0.05, 0) is 42.0 Å². The highest BCUT2D eigenvalue weighted by atomic mass is 19.2. The van der Waals surface area contributed by atoms with Gasteiger partial charge in [0.25, 0.3) is 0 Å². The van der Waals surface area contributed by atoms with E-state index in [1.54, 1.807) is 6.07 Å². The molecule has 0 saturated carbocycles. The van der Waals surface area contributed by atoms with E-state index in [-0.39, 0.29) is 5.69 Å². The number of aromatic nitrogens is 1. The number of rotatable bonds is 2. The summed E-state index contributed by atoms with van der Waals surface area (Å²) >= 11 is 0. The normalized spacial score (nSPS) is 16.1. The number of hydrogen-bond acceptors (Lipinski definition) is 1. The Morgan fingerprint density at radius 1 is 0.926 bits per heavy atom. The average molecular weight is 371 g/mol. The van der Waals surface area contributed by atoms with Crippen molar-refractivity contribution in [3.63, 3.8) is 0 Å². The molecule has 0 spiro atoms. The zero-order chi connectivity index (χ0) is 19.0. The smallest absolute Gasteiger partial charge is 0.322 e. The summed E-state index contributed by atoms with van der Waals surface area (Å²) in [4.78, 5) is 14.4. The third kappa shape index (κ3) is 3.16. The van der Waals surface area contributed by atoms with Gasteiger partial charge in [0.1, 0.15) is 5.82 Å². The van der Waals surface area contributed by atoms with E-state index < -0.39 is 29.5 Å². The van der Waals surface area contributed by atoms with Crippen LogP contribution in [0.1, 0.15) is 17.3 Å². The minimum absolute atomic E-state index is 0.0625. The predicted molar refractivity (Wildman–Crippen MR) is 94.8 cm³/mol. The van der Waals surface area contributed by atoms with Crippen molar-refractivity contribution in [3.8, 4) is 0 Å². The molecular weight excluding hydrogens is 355 g/mol. The van der Waals surface area contributed by atoms with Crippen LogP contribution in [0.3, 0.4) is 0 Å². The number of carbonyl (C=O) groups is 1. The fourth-order valence-corrected chi connectivity index (χ4v) is 3.38. The van der Waals surface area contributed by atoms with Crippen LogP contribution in [0.25, 0.3) is 0 Å². The van der Waals surface area contributed by atoms with Crippen molar-refractivity contribution in [3.05, 3.63) is 89.5 Å². The standard InChI is InChI=1S/C20H16F3N3O/c21-14-8-7-13(12-16(14)23)19-18-6-3-9-25(18)10-11-26(19)20(27)24-17-5-2-1-4-15(17)22/h1-9,12,19H,10-11H2,(H,24,27). The quantitative estimate of drug-likeness (QED) is 0.705. The molecule has 1 aliphatic rings. The minimum Gasteiger partial charge on any atom is -0.348 e. The van der Waals surface area contributed by atoms with Crippen molar-refractivity contribution in [1.29, 1.82) is 0 Å². The Hall–Kier alpha value is -3.22. The molecule has 3 aromatic rings. The molecular formula is C20H16F3N3O. The summed E-state index contributed by atoms with van der Waals surface area (Å²) < 4.78 is 43.0. The monoisotopic (exact) mass is 371 g/mol. The Kier molecular flexibility index (Phi) is 4.35. The summed E-state index contributed by atoms with van der Waals surface area (Å²) in [5, 5.41) is 2.56. The highest BCUT2D eigenvalue weighted by Gasteiger charge is 2.33. The third-order valence-corrected chi connectivity index (χ3v) is 4.67. The molecule has 1 N–H and O–H groups in total. The Morgan fingerprint density at radius 2 is 1.74 bits per heavy atom. The highest BCUT2D eigenvalue weighted by Crippen LogP contribution is 2.33. The molecule has 138 valence electrons. The van der Waals surface area contributed by atoms with E-state index >= 15 is 0 Å². The molecule has 27 heavy (non-hydrogen) atoms. The maximum Gasteiger partial charge on any atom is 0.322 e. The first kappa shape index (κ1) is 17.2. The molecule has 0 fully saturated rings. The van der Waals surface area contributed by atoms with Crippen LogP contribution >= 0.6 is 0 Å². The molecule has 1 unspecified atom stereocenters. The number of benzene rings is 2. The molecule has 2 heterocycles. The van der Waals surface area contributed by atoms with Gasteiger partial charge in [-0.25, -0.2) is 18.0 Å². The number of halogens is 3. The van der Waals surface area contributed by atoms with E-state index in [9.17, 15) is 18.0 Å². The number of hydrogen-bond donors (Lipinski definition) is 1. The first-order chi connectivity index (χ1) is 13.0. The van der Waals surface area contributed by atoms with Gasteiger partial charge in [0, 0.05) is 25.0 Å². The Balaban J connectivity index is 1.71. The molecule has 1 atom stereocenters. The second-order valence-electron chi connectivity index (χ2n) is 6.31. The van der Waals surface area contributed by atoms with Crippen LogP contribution in [0, 0.1) is 17.5 Å². The van der Waals surface area contributed by atoms with E-state index in [2.05, 4.69) is 5.32 Å². The molecule has 0 saturated heterocycles. The maximum atomic E-state index is 13.9. The number of carbonyl (C=O) groups excluding carboxylic acids is 1. The summed E-state index contributed by atoms with van der Waals surface area (Å²) in [6, 6.07) is 12.0. The van der Waals surface area contributed by atoms with Gasteiger partial charge < -0.3 is 14.8 Å². The van der Waals surface area contributed by atoms with Gasteiger partial charge >= 0.3 is 6.03 Å². The van der Waals surface area contributed by atoms with Crippen molar-refractivity contribution >= 4 is 11.7 Å². The van der Waals surface area contributed by atoms with Gasteiger partial charge in [0.05, 0.1) is 11.7 Å². The first-order valence-corrected chi connectivity index (χ1v) is 8.47. The number of para-hydroxylation sites is 1. The molecule has 7 heteroatoms. The predicted octanol–water partition coefficient (Wildman–Crippen LogP) is 4.54. The molecule has 4 nitrogen and oxygen atoms in total. The van der Waals surface area contributed by atoms with Gasteiger partial charge in [-0.15, -0.1) is 0 Å². The van der Waals surface area contributed by atoms with E-state index in [0.29, 0.717) is 18.7 Å². The Bertz CT molecular complexity index is 1000. The van der Waals surface area contributed by atoms with E-state index in [0.717, 1.165) is 17.8 Å². The number of nitrogens with zero attached hydrogens (tertiary/aromatic N) is 2. The lowest BCUT2D eigenvalue weighted by atomic mass is 10.00. The molecule has 1 aliphatic heterocycles.